The zero-order valence-electron chi connectivity index (χ0n) is 12.9. The second kappa shape index (κ2) is 6.75. The molecule has 0 spiro atoms. The second-order valence-corrected chi connectivity index (χ2v) is 5.92. The van der Waals surface area contributed by atoms with Crippen LogP contribution in [0, 0.1) is 0 Å². The lowest BCUT2D eigenvalue weighted by atomic mass is 10.2. The van der Waals surface area contributed by atoms with Gasteiger partial charge in [0, 0.05) is 38.8 Å². The summed E-state index contributed by atoms with van der Waals surface area (Å²) in [5.41, 5.74) is 1.66. The Bertz CT molecular complexity index is 990. The fourth-order valence-corrected chi connectivity index (χ4v) is 2.83. The summed E-state index contributed by atoms with van der Waals surface area (Å²) in [4.78, 5) is 38.6. The van der Waals surface area contributed by atoms with Crippen molar-refractivity contribution >= 4 is 28.7 Å². The molecule has 24 heavy (non-hydrogen) atoms. The monoisotopic (exact) mass is 345 g/mol. The van der Waals surface area contributed by atoms with Crippen LogP contribution in [-0.2, 0) is 17.9 Å². The maximum absolute atomic E-state index is 12.2. The number of amides is 1. The Balaban J connectivity index is 1.61. The number of aryl methyl sites for hydroxylation is 1. The molecule has 8 nitrogen and oxygen atoms in total. The number of nitrogens with one attached hydrogen (secondary N) is 1. The van der Waals surface area contributed by atoms with Crippen molar-refractivity contribution in [3.05, 3.63) is 56.9 Å². The highest BCUT2D eigenvalue weighted by molar-refractivity contribution is 7.00. The van der Waals surface area contributed by atoms with E-state index < -0.39 is 11.2 Å². The molecule has 2 heterocycles. The van der Waals surface area contributed by atoms with Gasteiger partial charge in [0.15, 0.2) is 0 Å². The van der Waals surface area contributed by atoms with E-state index in [9.17, 15) is 14.4 Å². The lowest BCUT2D eigenvalue weighted by Crippen LogP contribution is -2.32. The molecule has 0 fully saturated rings. The van der Waals surface area contributed by atoms with Crippen LogP contribution in [0.4, 0.5) is 0 Å². The average molecular weight is 345 g/mol. The first-order valence-electron chi connectivity index (χ1n) is 7.28. The van der Waals surface area contributed by atoms with Crippen LogP contribution < -0.4 is 11.2 Å². The summed E-state index contributed by atoms with van der Waals surface area (Å²) in [5, 5.41) is 0. The van der Waals surface area contributed by atoms with E-state index in [1.165, 1.54) is 16.8 Å². The van der Waals surface area contributed by atoms with E-state index in [4.69, 9.17) is 0 Å². The van der Waals surface area contributed by atoms with Crippen molar-refractivity contribution in [3.63, 3.8) is 0 Å². The van der Waals surface area contributed by atoms with Crippen LogP contribution in [-0.4, -0.2) is 36.2 Å². The molecule has 2 aromatic heterocycles. The summed E-state index contributed by atoms with van der Waals surface area (Å²) in [7, 11) is 1.71. The van der Waals surface area contributed by atoms with E-state index >= 15 is 0 Å². The number of H-pyrrole nitrogens is 1. The Hall–Kier alpha value is -2.81. The minimum absolute atomic E-state index is 0.0930. The Morgan fingerprint density at radius 3 is 2.83 bits per heavy atom. The zero-order chi connectivity index (χ0) is 17.1. The summed E-state index contributed by atoms with van der Waals surface area (Å²) in [6.45, 7) is 0.667. The van der Waals surface area contributed by atoms with Crippen molar-refractivity contribution in [2.24, 2.45) is 0 Å². The van der Waals surface area contributed by atoms with Crippen molar-refractivity contribution in [2.45, 2.75) is 19.5 Å². The molecule has 124 valence electrons. The maximum atomic E-state index is 12.2. The highest BCUT2D eigenvalue weighted by atomic mass is 32.1. The number of hydrogen-bond donors (Lipinski definition) is 1. The molecule has 3 rings (SSSR count). The number of aromatic amines is 1. The van der Waals surface area contributed by atoms with Crippen molar-refractivity contribution in [3.8, 4) is 0 Å². The summed E-state index contributed by atoms with van der Waals surface area (Å²) in [5.74, 6) is -0.0930. The smallest absolute Gasteiger partial charge is 0.328 e. The highest BCUT2D eigenvalue weighted by Crippen LogP contribution is 2.15. The van der Waals surface area contributed by atoms with Gasteiger partial charge >= 0.3 is 5.69 Å². The fraction of sp³-hybridized carbons (Fsp3) is 0.267. The topological polar surface area (TPSA) is 101 Å². The van der Waals surface area contributed by atoms with E-state index in [-0.39, 0.29) is 18.9 Å². The number of hydrogen-bond acceptors (Lipinski definition) is 6. The van der Waals surface area contributed by atoms with E-state index in [0.29, 0.717) is 6.54 Å². The number of carbonyl (C=O) groups excluding carboxylic acids is 1. The summed E-state index contributed by atoms with van der Waals surface area (Å²) in [6.07, 6.45) is 1.56. The summed E-state index contributed by atoms with van der Waals surface area (Å²) >= 11 is 1.16. The Morgan fingerprint density at radius 2 is 2.04 bits per heavy atom. The highest BCUT2D eigenvalue weighted by Gasteiger charge is 2.11. The molecule has 0 bridgehead atoms. The van der Waals surface area contributed by atoms with Gasteiger partial charge in [0.2, 0.25) is 5.91 Å². The van der Waals surface area contributed by atoms with Gasteiger partial charge in [-0.15, -0.1) is 0 Å². The third-order valence-electron chi connectivity index (χ3n) is 3.63. The van der Waals surface area contributed by atoms with Crippen LogP contribution in [0.15, 0.2) is 40.1 Å². The molecule has 0 saturated carbocycles. The van der Waals surface area contributed by atoms with E-state index in [0.717, 1.165) is 28.3 Å². The minimum atomic E-state index is -0.514. The number of benzene rings is 1. The van der Waals surface area contributed by atoms with Gasteiger partial charge in [-0.3, -0.25) is 14.6 Å². The molecular weight excluding hydrogens is 330 g/mol. The molecule has 1 amide bonds. The third-order valence-corrected chi connectivity index (χ3v) is 4.18. The van der Waals surface area contributed by atoms with Gasteiger partial charge in [-0.1, -0.05) is 6.07 Å². The molecule has 0 unspecified atom stereocenters. The molecule has 0 saturated heterocycles. The molecule has 1 aromatic carbocycles. The van der Waals surface area contributed by atoms with E-state index in [1.54, 1.807) is 11.9 Å². The Labute approximate surface area is 140 Å². The van der Waals surface area contributed by atoms with Crippen molar-refractivity contribution < 1.29 is 4.79 Å². The van der Waals surface area contributed by atoms with Crippen LogP contribution >= 0.6 is 11.7 Å². The van der Waals surface area contributed by atoms with E-state index in [1.807, 2.05) is 18.2 Å². The fourth-order valence-electron chi connectivity index (χ4n) is 2.32. The Morgan fingerprint density at radius 1 is 1.25 bits per heavy atom. The van der Waals surface area contributed by atoms with Crippen molar-refractivity contribution in [1.82, 2.24) is 23.2 Å². The van der Waals surface area contributed by atoms with Gasteiger partial charge in [0.25, 0.3) is 5.56 Å². The quantitative estimate of drug-likeness (QED) is 0.729. The maximum Gasteiger partial charge on any atom is 0.328 e. The third kappa shape index (κ3) is 3.57. The molecule has 9 heteroatoms. The van der Waals surface area contributed by atoms with Crippen molar-refractivity contribution in [1.29, 1.82) is 0 Å². The zero-order valence-corrected chi connectivity index (χ0v) is 13.7. The van der Waals surface area contributed by atoms with Crippen LogP contribution in [0.5, 0.6) is 0 Å². The predicted molar refractivity (Wildman–Crippen MR) is 89.8 cm³/mol. The molecule has 0 aliphatic carbocycles. The number of aromatic nitrogens is 4. The molecule has 3 aromatic rings. The first-order valence-corrected chi connectivity index (χ1v) is 8.01. The van der Waals surface area contributed by atoms with Gasteiger partial charge in [-0.2, -0.15) is 8.75 Å². The molecule has 0 radical (unpaired) electrons. The molecule has 1 N–H and O–H groups in total. The first kappa shape index (κ1) is 16.1. The molecule has 0 atom stereocenters. The van der Waals surface area contributed by atoms with Crippen molar-refractivity contribution in [2.75, 3.05) is 7.05 Å². The van der Waals surface area contributed by atoms with Gasteiger partial charge in [0.05, 0.1) is 11.7 Å². The van der Waals surface area contributed by atoms with E-state index in [2.05, 4.69) is 13.7 Å². The molecule has 0 aliphatic rings. The number of fused-ring (bicyclic) bond motifs is 1. The largest absolute Gasteiger partial charge is 0.341 e. The van der Waals surface area contributed by atoms with Gasteiger partial charge in [-0.25, -0.2) is 4.79 Å². The molecular formula is C15H15N5O3S. The van der Waals surface area contributed by atoms with Gasteiger partial charge in [-0.05, 0) is 17.7 Å². The van der Waals surface area contributed by atoms with Crippen LogP contribution in [0.2, 0.25) is 0 Å². The summed E-state index contributed by atoms with van der Waals surface area (Å²) in [6, 6.07) is 6.97. The minimum Gasteiger partial charge on any atom is -0.341 e. The SMILES string of the molecule is CN(Cc1ccc2nsnc2c1)C(=O)CCn1ccc(=O)[nH]c1=O. The van der Waals surface area contributed by atoms with Gasteiger partial charge in [0.1, 0.15) is 11.0 Å². The van der Waals surface area contributed by atoms with Gasteiger partial charge < -0.3 is 9.47 Å². The summed E-state index contributed by atoms with van der Waals surface area (Å²) < 4.78 is 9.63. The number of nitrogens with zero attached hydrogens (tertiary/aromatic N) is 4. The lowest BCUT2D eigenvalue weighted by molar-refractivity contribution is -0.130. The second-order valence-electron chi connectivity index (χ2n) is 5.39. The number of carbonyl (C=O) groups is 1. The standard InChI is InChI=1S/C15H15N5O3S/c1-19(9-10-2-3-11-12(8-10)18-24-17-11)14(22)5-7-20-6-4-13(21)16-15(20)23/h2-4,6,8H,5,7,9H2,1H3,(H,16,21,23). The van der Waals surface area contributed by atoms with Crippen LogP contribution in [0.25, 0.3) is 11.0 Å². The Kier molecular flexibility index (Phi) is 4.52. The lowest BCUT2D eigenvalue weighted by Gasteiger charge is -2.17. The van der Waals surface area contributed by atoms with Crippen LogP contribution in [0.3, 0.4) is 0 Å². The molecule has 0 aliphatic heterocycles. The predicted octanol–water partition coefficient (Wildman–Crippen LogP) is 0.590. The average Bonchev–Trinajstić information content (AvgIpc) is 3.01. The van der Waals surface area contributed by atoms with Crippen LogP contribution in [0.1, 0.15) is 12.0 Å². The first-order chi connectivity index (χ1) is 11.5. The normalized spacial score (nSPS) is 10.9. The number of rotatable bonds is 5.